The molecule has 0 atom stereocenters. The molecule has 0 bridgehead atoms. The number of anilines is 1. The fraction of sp³-hybridized carbons (Fsp3) is 0.417. The van der Waals surface area contributed by atoms with E-state index in [4.69, 9.17) is 4.74 Å². The summed E-state index contributed by atoms with van der Waals surface area (Å²) < 4.78 is 5.62. The fourth-order valence-corrected chi connectivity index (χ4v) is 3.72. The van der Waals surface area contributed by atoms with E-state index in [9.17, 15) is 19.7 Å². The highest BCUT2D eigenvalue weighted by atomic mass is 16.6. The average Bonchev–Trinajstić information content (AvgIpc) is 2.81. The van der Waals surface area contributed by atoms with E-state index in [2.05, 4.69) is 5.32 Å². The predicted molar refractivity (Wildman–Crippen MR) is 125 cm³/mol. The van der Waals surface area contributed by atoms with Crippen molar-refractivity contribution >= 4 is 23.2 Å². The van der Waals surface area contributed by atoms with Crippen molar-refractivity contribution in [1.29, 1.82) is 0 Å². The molecule has 0 saturated carbocycles. The van der Waals surface area contributed by atoms with Crippen molar-refractivity contribution < 1.29 is 19.2 Å². The Bertz CT molecular complexity index is 1020. The van der Waals surface area contributed by atoms with Crippen LogP contribution in [0.4, 0.5) is 11.4 Å². The Morgan fingerprint density at radius 1 is 1.09 bits per heavy atom. The lowest BCUT2D eigenvalue weighted by Gasteiger charge is -2.35. The first kappa shape index (κ1) is 24.2. The van der Waals surface area contributed by atoms with Crippen LogP contribution in [0.5, 0.6) is 0 Å². The number of hydrogen-bond acceptors (Lipinski definition) is 6. The summed E-state index contributed by atoms with van der Waals surface area (Å²) in [4.78, 5) is 39.0. The summed E-state index contributed by atoms with van der Waals surface area (Å²) in [6.07, 6.45) is 0.130. The van der Waals surface area contributed by atoms with Gasteiger partial charge in [-0.3, -0.25) is 19.7 Å². The summed E-state index contributed by atoms with van der Waals surface area (Å²) in [5.41, 5.74) is 2.50. The van der Waals surface area contributed by atoms with Crippen LogP contribution in [0.15, 0.2) is 42.5 Å². The lowest BCUT2D eigenvalue weighted by molar-refractivity contribution is -0.384. The second-order valence-corrected chi connectivity index (χ2v) is 8.32. The van der Waals surface area contributed by atoms with Crippen LogP contribution in [0.3, 0.4) is 0 Å². The van der Waals surface area contributed by atoms with E-state index in [1.807, 2.05) is 43.0 Å². The molecular weight excluding hydrogens is 424 g/mol. The Balaban J connectivity index is 1.66. The van der Waals surface area contributed by atoms with Gasteiger partial charge in [0.1, 0.15) is 5.69 Å². The van der Waals surface area contributed by atoms with Crippen LogP contribution in [0.25, 0.3) is 0 Å². The second-order valence-electron chi connectivity index (χ2n) is 8.32. The maximum absolute atomic E-state index is 12.7. The lowest BCUT2D eigenvalue weighted by atomic mass is 10.1. The van der Waals surface area contributed by atoms with Crippen molar-refractivity contribution in [2.24, 2.45) is 0 Å². The number of benzene rings is 2. The molecule has 1 heterocycles. The minimum absolute atomic E-state index is 0.00541. The quantitative estimate of drug-likeness (QED) is 0.485. The summed E-state index contributed by atoms with van der Waals surface area (Å²) in [6.45, 7) is 8.28. The molecule has 1 saturated heterocycles. The second kappa shape index (κ2) is 10.9. The molecule has 176 valence electrons. The number of piperazine rings is 1. The standard InChI is InChI=1S/C24H30N4O5/c1-17(2)33-16-20-6-4-5-19(13-20)15-25-24(30)21-7-8-22(23(14-21)28(31)32)27-11-9-26(10-12-27)18(3)29/h4-8,13-14,17H,9-12,15-16H2,1-3H3,(H,25,30). The predicted octanol–water partition coefficient (Wildman–Crippen LogP) is 3.12. The molecule has 0 radical (unpaired) electrons. The average molecular weight is 455 g/mol. The third-order valence-electron chi connectivity index (χ3n) is 5.53. The molecule has 0 aliphatic carbocycles. The van der Waals surface area contributed by atoms with E-state index < -0.39 is 4.92 Å². The first-order valence-corrected chi connectivity index (χ1v) is 11.0. The van der Waals surface area contributed by atoms with Crippen LogP contribution < -0.4 is 10.2 Å². The zero-order valence-corrected chi connectivity index (χ0v) is 19.2. The number of hydrogen-bond donors (Lipinski definition) is 1. The van der Waals surface area contributed by atoms with Crippen molar-refractivity contribution in [3.63, 3.8) is 0 Å². The molecule has 9 heteroatoms. The van der Waals surface area contributed by atoms with Crippen LogP contribution >= 0.6 is 0 Å². The molecule has 0 unspecified atom stereocenters. The van der Waals surface area contributed by atoms with Crippen molar-refractivity contribution in [3.05, 3.63) is 69.3 Å². The minimum Gasteiger partial charge on any atom is -0.374 e. The number of carbonyl (C=O) groups is 2. The third kappa shape index (κ3) is 6.52. The van der Waals surface area contributed by atoms with E-state index in [1.165, 1.54) is 13.0 Å². The van der Waals surface area contributed by atoms with Gasteiger partial charge in [0.15, 0.2) is 0 Å². The number of amides is 2. The number of ether oxygens (including phenoxy) is 1. The van der Waals surface area contributed by atoms with Gasteiger partial charge in [0, 0.05) is 51.3 Å². The summed E-state index contributed by atoms with van der Waals surface area (Å²) in [6, 6.07) is 12.3. The normalized spacial score (nSPS) is 13.8. The minimum atomic E-state index is -0.471. The molecule has 9 nitrogen and oxygen atoms in total. The monoisotopic (exact) mass is 454 g/mol. The van der Waals surface area contributed by atoms with E-state index >= 15 is 0 Å². The highest BCUT2D eigenvalue weighted by Crippen LogP contribution is 2.30. The van der Waals surface area contributed by atoms with Gasteiger partial charge in [-0.1, -0.05) is 24.3 Å². The summed E-state index contributed by atoms with van der Waals surface area (Å²) in [5.74, 6) is -0.385. The zero-order chi connectivity index (χ0) is 24.0. The molecule has 1 aliphatic heterocycles. The molecular formula is C24H30N4O5. The van der Waals surface area contributed by atoms with E-state index in [0.29, 0.717) is 45.0 Å². The molecule has 3 rings (SSSR count). The van der Waals surface area contributed by atoms with Gasteiger partial charge in [0.05, 0.1) is 17.6 Å². The van der Waals surface area contributed by atoms with Gasteiger partial charge < -0.3 is 19.9 Å². The van der Waals surface area contributed by atoms with Crippen LogP contribution in [0.2, 0.25) is 0 Å². The first-order valence-electron chi connectivity index (χ1n) is 11.0. The van der Waals surface area contributed by atoms with Crippen molar-refractivity contribution in [1.82, 2.24) is 10.2 Å². The Morgan fingerprint density at radius 3 is 2.42 bits per heavy atom. The number of nitro groups is 1. The number of carbonyl (C=O) groups excluding carboxylic acids is 2. The van der Waals surface area contributed by atoms with E-state index in [-0.39, 0.29) is 29.2 Å². The summed E-state index contributed by atoms with van der Waals surface area (Å²) in [5, 5.41) is 14.5. The number of nitrogens with one attached hydrogen (secondary N) is 1. The summed E-state index contributed by atoms with van der Waals surface area (Å²) >= 11 is 0. The van der Waals surface area contributed by atoms with Crippen LogP contribution in [0, 0.1) is 10.1 Å². The van der Waals surface area contributed by atoms with Gasteiger partial charge in [0.2, 0.25) is 5.91 Å². The Hall–Kier alpha value is -3.46. The van der Waals surface area contributed by atoms with Crippen LogP contribution in [0.1, 0.15) is 42.3 Å². The van der Waals surface area contributed by atoms with Gasteiger partial charge in [-0.2, -0.15) is 0 Å². The maximum Gasteiger partial charge on any atom is 0.293 e. The Morgan fingerprint density at radius 2 is 1.79 bits per heavy atom. The maximum atomic E-state index is 12.7. The van der Waals surface area contributed by atoms with E-state index in [0.717, 1.165) is 11.1 Å². The smallest absolute Gasteiger partial charge is 0.293 e. The van der Waals surface area contributed by atoms with Crippen molar-refractivity contribution in [2.45, 2.75) is 40.0 Å². The van der Waals surface area contributed by atoms with Gasteiger partial charge in [-0.05, 0) is 37.1 Å². The molecule has 33 heavy (non-hydrogen) atoms. The molecule has 2 amide bonds. The molecule has 1 N–H and O–H groups in total. The molecule has 1 fully saturated rings. The SMILES string of the molecule is CC(=O)N1CCN(c2ccc(C(=O)NCc3cccc(COC(C)C)c3)cc2[N+](=O)[O-])CC1. The number of rotatable bonds is 8. The van der Waals surface area contributed by atoms with Crippen molar-refractivity contribution in [2.75, 3.05) is 31.1 Å². The molecule has 1 aliphatic rings. The van der Waals surface area contributed by atoms with Crippen LogP contribution in [-0.2, 0) is 22.7 Å². The highest BCUT2D eigenvalue weighted by molar-refractivity contribution is 5.95. The Labute approximate surface area is 193 Å². The summed E-state index contributed by atoms with van der Waals surface area (Å²) in [7, 11) is 0. The lowest BCUT2D eigenvalue weighted by Crippen LogP contribution is -2.48. The third-order valence-corrected chi connectivity index (χ3v) is 5.53. The van der Waals surface area contributed by atoms with Gasteiger partial charge in [-0.15, -0.1) is 0 Å². The first-order chi connectivity index (χ1) is 15.7. The molecule has 0 spiro atoms. The van der Waals surface area contributed by atoms with Gasteiger partial charge >= 0.3 is 0 Å². The molecule has 0 aromatic heterocycles. The van der Waals surface area contributed by atoms with Gasteiger partial charge in [0.25, 0.3) is 11.6 Å². The Kier molecular flexibility index (Phi) is 8.00. The molecule has 2 aromatic rings. The largest absolute Gasteiger partial charge is 0.374 e. The van der Waals surface area contributed by atoms with Gasteiger partial charge in [-0.25, -0.2) is 0 Å². The van der Waals surface area contributed by atoms with Crippen LogP contribution in [-0.4, -0.2) is 53.9 Å². The number of nitrogens with zero attached hydrogens (tertiary/aromatic N) is 3. The molecule has 2 aromatic carbocycles. The van der Waals surface area contributed by atoms with E-state index in [1.54, 1.807) is 17.0 Å². The topological polar surface area (TPSA) is 105 Å². The number of nitro benzene ring substituents is 1. The fourth-order valence-electron chi connectivity index (χ4n) is 3.72. The zero-order valence-electron chi connectivity index (χ0n) is 19.2. The van der Waals surface area contributed by atoms with Crippen molar-refractivity contribution in [3.8, 4) is 0 Å². The highest BCUT2D eigenvalue weighted by Gasteiger charge is 2.25.